The maximum absolute atomic E-state index is 14.6. The summed E-state index contributed by atoms with van der Waals surface area (Å²) in [6, 6.07) is 10.6. The van der Waals surface area contributed by atoms with E-state index < -0.39 is 0 Å². The van der Waals surface area contributed by atoms with Crippen LogP contribution in [0, 0.1) is 5.82 Å². The number of aliphatic imine (C=N–C) groups is 2. The average Bonchev–Trinajstić information content (AvgIpc) is 3.08. The zero-order valence-corrected chi connectivity index (χ0v) is 19.9. The van der Waals surface area contributed by atoms with Crippen molar-refractivity contribution < 1.29 is 13.9 Å². The number of pyridine rings is 1. The van der Waals surface area contributed by atoms with E-state index in [1.54, 1.807) is 32.5 Å². The van der Waals surface area contributed by atoms with Crippen molar-refractivity contribution in [2.45, 2.75) is 4.05 Å². The first-order chi connectivity index (χ1) is 15.6. The molecule has 8 heteroatoms. The van der Waals surface area contributed by atoms with Crippen LogP contribution in [-0.2, 0) is 9.47 Å². The fraction of sp³-hybridized carbons (Fsp3) is 0.208. The van der Waals surface area contributed by atoms with Gasteiger partial charge in [-0.3, -0.25) is 4.99 Å². The zero-order valence-electron chi connectivity index (χ0n) is 17.7. The van der Waals surface area contributed by atoms with Crippen LogP contribution >= 0.6 is 22.6 Å². The number of halogens is 2. The molecule has 0 N–H and O–H groups in total. The summed E-state index contributed by atoms with van der Waals surface area (Å²) in [5.74, 6) is 0.207. The topological polar surface area (TPSA) is 60.5 Å². The molecular formula is C24H22FIN4O2. The van der Waals surface area contributed by atoms with Crippen molar-refractivity contribution in [3.63, 3.8) is 0 Å². The van der Waals surface area contributed by atoms with E-state index in [2.05, 4.69) is 37.6 Å². The average molecular weight is 544 g/mol. The lowest BCUT2D eigenvalue weighted by atomic mass is 9.96. The Balaban J connectivity index is 1.78. The molecule has 0 bridgehead atoms. The molecule has 4 rings (SSSR count). The van der Waals surface area contributed by atoms with Gasteiger partial charge in [0.05, 0.1) is 31.3 Å². The van der Waals surface area contributed by atoms with Gasteiger partial charge in [0.2, 0.25) is 5.90 Å². The molecule has 1 atom stereocenters. The number of hydrogen-bond acceptors (Lipinski definition) is 5. The first kappa shape index (κ1) is 22.3. The van der Waals surface area contributed by atoms with Crippen LogP contribution in [0.4, 0.5) is 4.39 Å². The Morgan fingerprint density at radius 1 is 1.25 bits per heavy atom. The molecule has 1 unspecified atom stereocenters. The predicted octanol–water partition coefficient (Wildman–Crippen LogP) is 5.04. The molecule has 1 aromatic carbocycles. The number of alkyl halides is 1. The van der Waals surface area contributed by atoms with Crippen LogP contribution in [0.15, 0.2) is 77.0 Å². The molecule has 0 aliphatic carbocycles. The van der Waals surface area contributed by atoms with Crippen LogP contribution in [0.3, 0.4) is 0 Å². The number of ether oxygens (including phenoxy) is 2. The molecule has 3 aromatic rings. The van der Waals surface area contributed by atoms with Crippen molar-refractivity contribution in [2.75, 3.05) is 27.4 Å². The van der Waals surface area contributed by atoms with Gasteiger partial charge in [0.25, 0.3) is 0 Å². The number of imidazole rings is 1. The molecule has 0 amide bonds. The van der Waals surface area contributed by atoms with Gasteiger partial charge < -0.3 is 13.9 Å². The molecule has 0 spiro atoms. The van der Waals surface area contributed by atoms with E-state index in [0.717, 1.165) is 22.5 Å². The Morgan fingerprint density at radius 3 is 2.88 bits per heavy atom. The summed E-state index contributed by atoms with van der Waals surface area (Å²) < 4.78 is 26.8. The second kappa shape index (κ2) is 10.2. The molecule has 0 saturated carbocycles. The number of aromatic nitrogens is 2. The summed E-state index contributed by atoms with van der Waals surface area (Å²) >= 11 is 2.24. The largest absolute Gasteiger partial charge is 0.483 e. The van der Waals surface area contributed by atoms with Crippen LogP contribution in [0.25, 0.3) is 11.2 Å². The van der Waals surface area contributed by atoms with E-state index in [1.807, 2.05) is 47.0 Å². The first-order valence-corrected chi connectivity index (χ1v) is 11.2. The third kappa shape index (κ3) is 4.66. The van der Waals surface area contributed by atoms with Crippen molar-refractivity contribution in [2.24, 2.45) is 9.98 Å². The van der Waals surface area contributed by atoms with Gasteiger partial charge in [-0.1, -0.05) is 30.4 Å². The summed E-state index contributed by atoms with van der Waals surface area (Å²) in [6.45, 7) is 0.783. The van der Waals surface area contributed by atoms with E-state index in [9.17, 15) is 4.39 Å². The van der Waals surface area contributed by atoms with Crippen LogP contribution in [-0.4, -0.2) is 48.4 Å². The molecule has 164 valence electrons. The Bertz CT molecular complexity index is 1250. The number of nitrogens with zero attached hydrogens (tertiary/aromatic N) is 4. The number of rotatable bonds is 6. The monoisotopic (exact) mass is 544 g/mol. The molecule has 6 nitrogen and oxygen atoms in total. The fourth-order valence-corrected chi connectivity index (χ4v) is 4.22. The molecule has 0 radical (unpaired) electrons. The number of allylic oxidation sites excluding steroid dienone is 3. The highest BCUT2D eigenvalue weighted by atomic mass is 127. The van der Waals surface area contributed by atoms with Crippen LogP contribution < -0.4 is 0 Å². The van der Waals surface area contributed by atoms with Gasteiger partial charge in [-0.15, -0.1) is 0 Å². The Labute approximate surface area is 199 Å². The predicted molar refractivity (Wildman–Crippen MR) is 133 cm³/mol. The molecule has 3 heterocycles. The maximum atomic E-state index is 14.6. The van der Waals surface area contributed by atoms with Crippen LogP contribution in [0.5, 0.6) is 0 Å². The summed E-state index contributed by atoms with van der Waals surface area (Å²) in [4.78, 5) is 13.8. The second-order valence-electron chi connectivity index (χ2n) is 7.00. The van der Waals surface area contributed by atoms with Gasteiger partial charge in [-0.05, 0) is 46.9 Å². The second-order valence-corrected chi connectivity index (χ2v) is 8.18. The molecule has 1 aliphatic rings. The van der Waals surface area contributed by atoms with E-state index in [1.165, 1.54) is 6.07 Å². The highest BCUT2D eigenvalue weighted by molar-refractivity contribution is 14.1. The summed E-state index contributed by atoms with van der Waals surface area (Å²) in [7, 11) is 3.17. The maximum Gasteiger partial charge on any atom is 0.211 e. The van der Waals surface area contributed by atoms with Crippen LogP contribution in [0.1, 0.15) is 20.9 Å². The molecular weight excluding hydrogens is 522 g/mol. The minimum absolute atomic E-state index is 0.231. The summed E-state index contributed by atoms with van der Waals surface area (Å²) in [6.07, 6.45) is 9.66. The lowest BCUT2D eigenvalue weighted by Gasteiger charge is -2.14. The van der Waals surface area contributed by atoms with E-state index in [-0.39, 0.29) is 9.87 Å². The molecule has 32 heavy (non-hydrogen) atoms. The standard InChI is InChI=1S/C24H22FIN4O2/c1-31-15-22(32-2)29-24(26)20-13-28-21-11-10-16(14-30(20)21)17-7-5-6-12-27-23(17)18-8-3-4-9-19(18)25/h3-11,13-14,24H,12,15H2,1-2H3/b29-22-. The van der Waals surface area contributed by atoms with E-state index >= 15 is 0 Å². The quantitative estimate of drug-likeness (QED) is 0.144. The third-order valence-electron chi connectivity index (χ3n) is 4.99. The molecule has 0 fully saturated rings. The Morgan fingerprint density at radius 2 is 2.09 bits per heavy atom. The number of benzene rings is 1. The van der Waals surface area contributed by atoms with E-state index in [4.69, 9.17) is 9.47 Å². The van der Waals surface area contributed by atoms with Gasteiger partial charge in [0.1, 0.15) is 22.1 Å². The smallest absolute Gasteiger partial charge is 0.211 e. The molecule has 1 aliphatic heterocycles. The summed E-state index contributed by atoms with van der Waals surface area (Å²) in [5, 5.41) is 0. The van der Waals surface area contributed by atoms with Gasteiger partial charge >= 0.3 is 0 Å². The van der Waals surface area contributed by atoms with Crippen molar-refractivity contribution in [1.82, 2.24) is 9.38 Å². The van der Waals surface area contributed by atoms with Crippen molar-refractivity contribution in [3.05, 3.63) is 89.7 Å². The SMILES string of the molecule is COC/C(=N/C(I)c1cnc2ccc(C3=CC=CCN=C3c3ccccc3F)cn12)OC. The minimum atomic E-state index is -0.296. The molecule has 2 aromatic heterocycles. The van der Waals surface area contributed by atoms with Crippen LogP contribution in [0.2, 0.25) is 0 Å². The number of methoxy groups -OCH3 is 2. The third-order valence-corrected chi connectivity index (χ3v) is 5.90. The fourth-order valence-electron chi connectivity index (χ4n) is 3.45. The van der Waals surface area contributed by atoms with Gasteiger partial charge in [0.15, 0.2) is 0 Å². The van der Waals surface area contributed by atoms with Crippen molar-refractivity contribution >= 4 is 45.4 Å². The lowest BCUT2D eigenvalue weighted by Crippen LogP contribution is -2.11. The number of hydrogen-bond donors (Lipinski definition) is 0. The van der Waals surface area contributed by atoms with Gasteiger partial charge in [0, 0.05) is 30.0 Å². The minimum Gasteiger partial charge on any atom is -0.483 e. The summed E-state index contributed by atoms with van der Waals surface area (Å²) in [5.41, 5.74) is 4.54. The first-order valence-electron chi connectivity index (χ1n) is 10.00. The highest BCUT2D eigenvalue weighted by Crippen LogP contribution is 2.29. The molecule has 0 saturated heterocycles. The van der Waals surface area contributed by atoms with Crippen molar-refractivity contribution in [3.8, 4) is 0 Å². The Hall–Kier alpha value is -2.85. The van der Waals surface area contributed by atoms with E-state index in [0.29, 0.717) is 30.3 Å². The highest BCUT2D eigenvalue weighted by Gasteiger charge is 2.19. The van der Waals surface area contributed by atoms with Gasteiger partial charge in [-0.25, -0.2) is 14.4 Å². The van der Waals surface area contributed by atoms with Crippen molar-refractivity contribution in [1.29, 1.82) is 0 Å². The number of fused-ring (bicyclic) bond motifs is 1. The van der Waals surface area contributed by atoms with Gasteiger partial charge in [-0.2, -0.15) is 0 Å². The normalized spacial score (nSPS) is 15.3. The zero-order chi connectivity index (χ0) is 22.5. The lowest BCUT2D eigenvalue weighted by molar-refractivity contribution is 0.218. The Kier molecular flexibility index (Phi) is 7.11.